The Bertz CT molecular complexity index is 172. The normalized spacial score (nSPS) is 12.0. The van der Waals surface area contributed by atoms with Crippen LogP contribution in [0.4, 0.5) is 0 Å². The Morgan fingerprint density at radius 3 is 1.50 bits per heavy atom. The fourth-order valence-corrected chi connectivity index (χ4v) is 2.07. The van der Waals surface area contributed by atoms with Gasteiger partial charge in [0.15, 0.2) is 13.5 Å². The first-order valence-electron chi connectivity index (χ1n) is 7.47. The fourth-order valence-electron chi connectivity index (χ4n) is 2.07. The molecule has 0 aliphatic carbocycles. The van der Waals surface area contributed by atoms with Crippen LogP contribution in [0.1, 0.15) is 71.1 Å². The van der Waals surface area contributed by atoms with Crippen LogP contribution >= 0.6 is 0 Å². The molecule has 4 heteroatoms. The zero-order valence-electron chi connectivity index (χ0n) is 11.9. The Morgan fingerprint density at radius 2 is 1.11 bits per heavy atom. The molecule has 4 nitrogen and oxygen atoms in total. The van der Waals surface area contributed by atoms with Crippen LogP contribution in [0.2, 0.25) is 0 Å². The fraction of sp³-hybridized carbons (Fsp3) is 1.00. The Morgan fingerprint density at radius 1 is 0.722 bits per heavy atom. The summed E-state index contributed by atoms with van der Waals surface area (Å²) in [6.07, 6.45) is 12.2. The smallest absolute Gasteiger partial charge is 0.181 e. The summed E-state index contributed by atoms with van der Waals surface area (Å²) >= 11 is 0. The minimum Gasteiger partial charge on any atom is -0.629 e. The second kappa shape index (κ2) is 11.9. The summed E-state index contributed by atoms with van der Waals surface area (Å²) in [5, 5.41) is 29.2. The quantitative estimate of drug-likeness (QED) is 0.232. The highest BCUT2D eigenvalue weighted by Gasteiger charge is 2.12. The van der Waals surface area contributed by atoms with Crippen molar-refractivity contribution in [2.45, 2.75) is 71.1 Å². The van der Waals surface area contributed by atoms with Crippen LogP contribution in [0.3, 0.4) is 0 Å². The van der Waals surface area contributed by atoms with Gasteiger partial charge >= 0.3 is 0 Å². The summed E-state index contributed by atoms with van der Waals surface area (Å²) in [6, 6.07) is 0. The number of quaternary nitrogens is 1. The highest BCUT2D eigenvalue weighted by atomic mass is 16.6. The lowest BCUT2D eigenvalue weighted by Crippen LogP contribution is -2.44. The van der Waals surface area contributed by atoms with Gasteiger partial charge in [-0.15, -0.1) is 0 Å². The second-order valence-corrected chi connectivity index (χ2v) is 5.25. The third-order valence-corrected chi connectivity index (χ3v) is 3.43. The summed E-state index contributed by atoms with van der Waals surface area (Å²) in [5.41, 5.74) is 0. The molecule has 0 atom stereocenters. The maximum atomic E-state index is 11.5. The van der Waals surface area contributed by atoms with Gasteiger partial charge in [-0.25, -0.2) is 0 Å². The van der Waals surface area contributed by atoms with Crippen molar-refractivity contribution in [3.05, 3.63) is 5.21 Å². The summed E-state index contributed by atoms with van der Waals surface area (Å²) in [5.74, 6) is 0. The maximum Gasteiger partial charge on any atom is 0.181 e. The molecule has 0 bridgehead atoms. The van der Waals surface area contributed by atoms with E-state index >= 15 is 0 Å². The van der Waals surface area contributed by atoms with Gasteiger partial charge in [0.25, 0.3) is 0 Å². The molecule has 0 spiro atoms. The third kappa shape index (κ3) is 9.83. The third-order valence-electron chi connectivity index (χ3n) is 3.43. The molecule has 0 saturated heterocycles. The van der Waals surface area contributed by atoms with Gasteiger partial charge in [0.1, 0.15) is 0 Å². The molecule has 0 aliphatic heterocycles. The predicted molar refractivity (Wildman–Crippen MR) is 74.5 cm³/mol. The van der Waals surface area contributed by atoms with E-state index in [0.717, 1.165) is 19.3 Å². The molecule has 110 valence electrons. The van der Waals surface area contributed by atoms with E-state index in [2.05, 4.69) is 6.92 Å². The Balaban J connectivity index is 3.21. The zero-order valence-corrected chi connectivity index (χ0v) is 11.9. The molecule has 0 rings (SSSR count). The van der Waals surface area contributed by atoms with Crippen molar-refractivity contribution in [2.24, 2.45) is 0 Å². The molecule has 0 radical (unpaired) electrons. The Labute approximate surface area is 112 Å². The van der Waals surface area contributed by atoms with Crippen LogP contribution < -0.4 is 0 Å². The molecule has 0 aliphatic rings. The monoisotopic (exact) mass is 261 g/mol. The maximum absolute atomic E-state index is 11.5. The summed E-state index contributed by atoms with van der Waals surface area (Å²) in [6.45, 7) is 1.51. The van der Waals surface area contributed by atoms with E-state index in [9.17, 15) is 5.21 Å². The van der Waals surface area contributed by atoms with Gasteiger partial charge < -0.3 is 20.1 Å². The lowest BCUT2D eigenvalue weighted by atomic mass is 10.1. The highest BCUT2D eigenvalue weighted by molar-refractivity contribution is 4.47. The summed E-state index contributed by atoms with van der Waals surface area (Å²) in [4.78, 5) is 0. The predicted octanol–water partition coefficient (Wildman–Crippen LogP) is 3.12. The lowest BCUT2D eigenvalue weighted by molar-refractivity contribution is -0.917. The van der Waals surface area contributed by atoms with Gasteiger partial charge in [-0.2, -0.15) is 0 Å². The van der Waals surface area contributed by atoms with Crippen molar-refractivity contribution in [3.63, 3.8) is 0 Å². The summed E-state index contributed by atoms with van der Waals surface area (Å²) in [7, 11) is 0. The van der Waals surface area contributed by atoms with Gasteiger partial charge in [0.2, 0.25) is 0 Å². The topological polar surface area (TPSA) is 63.5 Å². The standard InChI is InChI=1S/C14H31NO3/c1-2-3-4-5-6-7-8-9-10-11-12-15(18,13-16)14-17/h16-17H,2-14H2,1H3. The molecule has 0 fully saturated rings. The number of hydrogen-bond acceptors (Lipinski definition) is 3. The van der Waals surface area contributed by atoms with E-state index in [-0.39, 0.29) is 0 Å². The van der Waals surface area contributed by atoms with E-state index in [4.69, 9.17) is 10.2 Å². The second-order valence-electron chi connectivity index (χ2n) is 5.25. The molecule has 0 aromatic carbocycles. The van der Waals surface area contributed by atoms with Crippen molar-refractivity contribution in [1.29, 1.82) is 0 Å². The van der Waals surface area contributed by atoms with Crippen LogP contribution in [0.25, 0.3) is 0 Å². The number of unbranched alkanes of at least 4 members (excludes halogenated alkanes) is 9. The molecule has 0 saturated carbocycles. The van der Waals surface area contributed by atoms with E-state index < -0.39 is 18.1 Å². The molecule has 0 aromatic heterocycles. The van der Waals surface area contributed by atoms with Gasteiger partial charge in [0.05, 0.1) is 6.54 Å². The minimum absolute atomic E-state index is 0.323. The van der Waals surface area contributed by atoms with Crippen molar-refractivity contribution < 1.29 is 14.9 Å². The zero-order chi connectivity index (χ0) is 13.7. The van der Waals surface area contributed by atoms with Crippen molar-refractivity contribution >= 4 is 0 Å². The highest BCUT2D eigenvalue weighted by Crippen LogP contribution is 2.12. The SMILES string of the molecule is CCCCCCCCCCCC[N+]([O-])(CO)CO. The van der Waals surface area contributed by atoms with Gasteiger partial charge in [-0.05, 0) is 12.8 Å². The number of aliphatic hydroxyl groups excluding tert-OH is 2. The number of nitrogens with zero attached hydrogens (tertiary/aromatic N) is 1. The Hall–Kier alpha value is -0.160. The average molecular weight is 261 g/mol. The van der Waals surface area contributed by atoms with E-state index in [1.54, 1.807) is 0 Å². The first-order valence-corrected chi connectivity index (χ1v) is 7.47. The van der Waals surface area contributed by atoms with Crippen molar-refractivity contribution in [2.75, 3.05) is 20.0 Å². The van der Waals surface area contributed by atoms with E-state index in [1.807, 2.05) is 0 Å². The van der Waals surface area contributed by atoms with Gasteiger partial charge in [0, 0.05) is 0 Å². The number of hydrogen-bond donors (Lipinski definition) is 2. The molecule has 0 aromatic rings. The number of hydroxylamine groups is 3. The van der Waals surface area contributed by atoms with Gasteiger partial charge in [-0.3, -0.25) is 0 Å². The van der Waals surface area contributed by atoms with Crippen LogP contribution in [-0.2, 0) is 0 Å². The van der Waals surface area contributed by atoms with Crippen LogP contribution in [-0.4, -0.2) is 34.9 Å². The molecular weight excluding hydrogens is 230 g/mol. The first-order chi connectivity index (χ1) is 8.68. The van der Waals surface area contributed by atoms with Crippen LogP contribution in [0.15, 0.2) is 0 Å². The molecule has 0 unspecified atom stereocenters. The lowest BCUT2D eigenvalue weighted by Gasteiger charge is -2.38. The van der Waals surface area contributed by atoms with E-state index in [0.29, 0.717) is 6.54 Å². The molecule has 18 heavy (non-hydrogen) atoms. The number of aliphatic hydroxyl groups is 2. The van der Waals surface area contributed by atoms with Crippen molar-refractivity contribution in [1.82, 2.24) is 0 Å². The number of rotatable bonds is 13. The van der Waals surface area contributed by atoms with Crippen molar-refractivity contribution in [3.8, 4) is 0 Å². The molecular formula is C14H31NO3. The molecule has 0 amide bonds. The van der Waals surface area contributed by atoms with E-state index in [1.165, 1.54) is 44.9 Å². The average Bonchev–Trinajstić information content (AvgIpc) is 2.40. The minimum atomic E-state index is -0.878. The first kappa shape index (κ1) is 17.8. The largest absolute Gasteiger partial charge is 0.629 e. The Kier molecular flexibility index (Phi) is 11.8. The molecule has 0 heterocycles. The van der Waals surface area contributed by atoms with Crippen LogP contribution in [0.5, 0.6) is 0 Å². The summed E-state index contributed by atoms with van der Waals surface area (Å²) < 4.78 is -0.878. The molecule has 2 N–H and O–H groups in total. The van der Waals surface area contributed by atoms with Crippen LogP contribution in [0, 0.1) is 5.21 Å². The van der Waals surface area contributed by atoms with Gasteiger partial charge in [-0.1, -0.05) is 58.3 Å².